The Morgan fingerprint density at radius 2 is 2.14 bits per heavy atom. The number of fused-ring (bicyclic) bond motifs is 3. The Morgan fingerprint density at radius 3 is 3.07 bits per heavy atom. The van der Waals surface area contributed by atoms with Crippen LogP contribution >= 0.6 is 11.3 Å². The maximum Gasteiger partial charge on any atom is 0.345 e. The van der Waals surface area contributed by atoms with E-state index in [4.69, 9.17) is 0 Å². The van der Waals surface area contributed by atoms with Gasteiger partial charge < -0.3 is 4.98 Å². The van der Waals surface area contributed by atoms with Crippen molar-refractivity contribution in [1.29, 1.82) is 0 Å². The van der Waals surface area contributed by atoms with E-state index in [9.17, 15) is 4.79 Å². The van der Waals surface area contributed by atoms with E-state index >= 15 is 0 Å². The highest BCUT2D eigenvalue weighted by atomic mass is 32.1. The molecule has 0 saturated carbocycles. The molecule has 3 aromatic heterocycles. The quantitative estimate of drug-likeness (QED) is 0.602. The lowest BCUT2D eigenvalue weighted by Gasteiger charge is -1.96. The standard InChI is InChI=1S/C9H5N3OS/c13-9-11-4-5-3-10-8-6(1-2-14-8)7(5)12-9/h1-4H,(H,11,12,13). The van der Waals surface area contributed by atoms with E-state index in [-0.39, 0.29) is 5.69 Å². The van der Waals surface area contributed by atoms with Gasteiger partial charge in [0.2, 0.25) is 0 Å². The van der Waals surface area contributed by atoms with Crippen molar-refractivity contribution in [2.75, 3.05) is 0 Å². The van der Waals surface area contributed by atoms with Gasteiger partial charge >= 0.3 is 5.69 Å². The van der Waals surface area contributed by atoms with Gasteiger partial charge in [-0.05, 0) is 11.4 Å². The largest absolute Gasteiger partial charge is 0.345 e. The molecule has 0 saturated heterocycles. The molecule has 0 unspecified atom stereocenters. The minimum atomic E-state index is -0.323. The van der Waals surface area contributed by atoms with Crippen LogP contribution in [0.1, 0.15) is 0 Å². The summed E-state index contributed by atoms with van der Waals surface area (Å²) in [6.07, 6.45) is 3.26. The van der Waals surface area contributed by atoms with Gasteiger partial charge in [-0.15, -0.1) is 11.3 Å². The highest BCUT2D eigenvalue weighted by Crippen LogP contribution is 2.23. The van der Waals surface area contributed by atoms with Gasteiger partial charge in [0.25, 0.3) is 0 Å². The molecular weight excluding hydrogens is 198 g/mol. The van der Waals surface area contributed by atoms with Crippen molar-refractivity contribution in [3.8, 4) is 0 Å². The summed E-state index contributed by atoms with van der Waals surface area (Å²) in [7, 11) is 0. The number of thiophene rings is 1. The fourth-order valence-electron chi connectivity index (χ4n) is 1.44. The number of nitrogens with one attached hydrogen (secondary N) is 1. The lowest BCUT2D eigenvalue weighted by molar-refractivity contribution is 1.12. The van der Waals surface area contributed by atoms with Crippen molar-refractivity contribution in [1.82, 2.24) is 15.0 Å². The molecule has 0 amide bonds. The smallest absolute Gasteiger partial charge is 0.305 e. The first kappa shape index (κ1) is 7.64. The summed E-state index contributed by atoms with van der Waals surface area (Å²) in [5.74, 6) is 0. The van der Waals surface area contributed by atoms with Gasteiger partial charge in [0.05, 0.1) is 5.52 Å². The first-order valence-corrected chi connectivity index (χ1v) is 4.94. The Kier molecular flexibility index (Phi) is 1.43. The third kappa shape index (κ3) is 0.958. The maximum absolute atomic E-state index is 11.1. The average molecular weight is 203 g/mol. The molecule has 68 valence electrons. The van der Waals surface area contributed by atoms with Crippen LogP contribution in [0.3, 0.4) is 0 Å². The summed E-state index contributed by atoms with van der Waals surface area (Å²) in [5.41, 5.74) is 0.493. The van der Waals surface area contributed by atoms with Crippen LogP contribution in [0.4, 0.5) is 0 Å². The van der Waals surface area contributed by atoms with Gasteiger partial charge in [0, 0.05) is 23.2 Å². The molecule has 0 bridgehead atoms. The normalized spacial score (nSPS) is 11.1. The van der Waals surface area contributed by atoms with Crippen molar-refractivity contribution in [2.45, 2.75) is 0 Å². The van der Waals surface area contributed by atoms with Gasteiger partial charge in [-0.25, -0.2) is 14.8 Å². The Hall–Kier alpha value is -1.75. The van der Waals surface area contributed by atoms with Gasteiger partial charge in [-0.3, -0.25) is 0 Å². The Bertz CT molecular complexity index is 670. The van der Waals surface area contributed by atoms with Crippen LogP contribution in [0.2, 0.25) is 0 Å². The topological polar surface area (TPSA) is 58.6 Å². The first-order valence-electron chi connectivity index (χ1n) is 4.06. The third-order valence-electron chi connectivity index (χ3n) is 2.08. The molecule has 0 atom stereocenters. The van der Waals surface area contributed by atoms with Crippen LogP contribution < -0.4 is 5.69 Å². The molecule has 3 heterocycles. The number of hydrogen-bond acceptors (Lipinski definition) is 4. The van der Waals surface area contributed by atoms with Crippen LogP contribution in [0.15, 0.2) is 28.6 Å². The Labute approximate surface area is 82.3 Å². The summed E-state index contributed by atoms with van der Waals surface area (Å²) >= 11 is 1.55. The number of hydrogen-bond donors (Lipinski definition) is 1. The molecule has 1 N–H and O–H groups in total. The number of H-pyrrole nitrogens is 1. The molecule has 0 aliphatic heterocycles. The number of rotatable bonds is 0. The van der Waals surface area contributed by atoms with Crippen molar-refractivity contribution in [2.24, 2.45) is 0 Å². The minimum Gasteiger partial charge on any atom is -0.305 e. The monoisotopic (exact) mass is 203 g/mol. The molecule has 0 fully saturated rings. The highest BCUT2D eigenvalue weighted by Gasteiger charge is 2.03. The fraction of sp³-hybridized carbons (Fsp3) is 0. The van der Waals surface area contributed by atoms with Crippen molar-refractivity contribution in [3.63, 3.8) is 0 Å². The van der Waals surface area contributed by atoms with Crippen LogP contribution in [-0.2, 0) is 0 Å². The molecule has 3 aromatic rings. The van der Waals surface area contributed by atoms with E-state index in [0.717, 1.165) is 21.1 Å². The molecule has 14 heavy (non-hydrogen) atoms. The first-order chi connectivity index (χ1) is 6.84. The number of pyridine rings is 1. The minimum absolute atomic E-state index is 0.323. The van der Waals surface area contributed by atoms with Crippen LogP contribution in [0, 0.1) is 0 Å². The predicted octanol–water partition coefficient (Wildman–Crippen LogP) is 1.53. The van der Waals surface area contributed by atoms with Crippen molar-refractivity contribution < 1.29 is 0 Å². The van der Waals surface area contributed by atoms with E-state index < -0.39 is 0 Å². The van der Waals surface area contributed by atoms with Gasteiger partial charge in [-0.1, -0.05) is 0 Å². The van der Waals surface area contributed by atoms with Crippen molar-refractivity contribution >= 4 is 32.5 Å². The van der Waals surface area contributed by atoms with Gasteiger partial charge in [0.15, 0.2) is 0 Å². The molecule has 0 aromatic carbocycles. The second-order valence-corrected chi connectivity index (χ2v) is 3.81. The molecule has 0 spiro atoms. The van der Waals surface area contributed by atoms with E-state index in [1.165, 1.54) is 6.20 Å². The number of aromatic nitrogens is 3. The molecule has 3 rings (SSSR count). The van der Waals surface area contributed by atoms with Gasteiger partial charge in [-0.2, -0.15) is 0 Å². The third-order valence-corrected chi connectivity index (χ3v) is 2.90. The maximum atomic E-state index is 11.1. The molecule has 0 aliphatic rings. The predicted molar refractivity (Wildman–Crippen MR) is 55.5 cm³/mol. The van der Waals surface area contributed by atoms with E-state index in [1.54, 1.807) is 17.5 Å². The summed E-state index contributed by atoms with van der Waals surface area (Å²) in [6.45, 7) is 0. The van der Waals surface area contributed by atoms with Crippen LogP contribution in [-0.4, -0.2) is 15.0 Å². The molecular formula is C9H5N3OS. The summed E-state index contributed by atoms with van der Waals surface area (Å²) in [4.78, 5) is 22.6. The average Bonchev–Trinajstić information content (AvgIpc) is 2.65. The number of aromatic amines is 1. The summed E-state index contributed by atoms with van der Waals surface area (Å²) in [6, 6.07) is 1.95. The zero-order valence-electron chi connectivity index (χ0n) is 7.02. The van der Waals surface area contributed by atoms with E-state index in [2.05, 4.69) is 15.0 Å². The zero-order valence-corrected chi connectivity index (χ0v) is 7.84. The molecule has 0 aliphatic carbocycles. The van der Waals surface area contributed by atoms with Crippen molar-refractivity contribution in [3.05, 3.63) is 34.3 Å². The Morgan fingerprint density at radius 1 is 1.29 bits per heavy atom. The Balaban J connectivity index is 2.66. The lowest BCUT2D eigenvalue weighted by Crippen LogP contribution is -2.08. The van der Waals surface area contributed by atoms with Crippen LogP contribution in [0.5, 0.6) is 0 Å². The fourth-order valence-corrected chi connectivity index (χ4v) is 2.19. The zero-order chi connectivity index (χ0) is 9.54. The second-order valence-electron chi connectivity index (χ2n) is 2.92. The van der Waals surface area contributed by atoms with Crippen LogP contribution in [0.25, 0.3) is 21.1 Å². The lowest BCUT2D eigenvalue weighted by atomic mass is 10.2. The summed E-state index contributed by atoms with van der Waals surface area (Å²) in [5, 5.41) is 3.79. The SMILES string of the molecule is O=c1ncc2cnc3sccc3c2[nH]1. The molecule has 4 nitrogen and oxygen atoms in total. The number of nitrogens with zero attached hydrogens (tertiary/aromatic N) is 2. The van der Waals surface area contributed by atoms with E-state index in [0.29, 0.717) is 0 Å². The summed E-state index contributed by atoms with van der Waals surface area (Å²) < 4.78 is 0. The highest BCUT2D eigenvalue weighted by molar-refractivity contribution is 7.16. The molecule has 0 radical (unpaired) electrons. The molecule has 5 heteroatoms. The second kappa shape index (κ2) is 2.62. The van der Waals surface area contributed by atoms with E-state index in [1.807, 2.05) is 11.4 Å². The van der Waals surface area contributed by atoms with Gasteiger partial charge in [0.1, 0.15) is 4.83 Å².